The van der Waals surface area contributed by atoms with Gasteiger partial charge >= 0.3 is 0 Å². The molecule has 3 aromatic rings. The van der Waals surface area contributed by atoms with Gasteiger partial charge in [-0.3, -0.25) is 0 Å². The molecule has 0 atom stereocenters. The Morgan fingerprint density at radius 2 is 1.81 bits per heavy atom. The van der Waals surface area contributed by atoms with Crippen molar-refractivity contribution >= 4 is 11.5 Å². The lowest BCUT2D eigenvalue weighted by Gasteiger charge is -2.28. The number of rotatable bonds is 6. The van der Waals surface area contributed by atoms with Gasteiger partial charge in [-0.2, -0.15) is 4.98 Å². The standard InChI is InChI=1S/C25H27N5O/c1-18-28-24(30-14-4-3-5-15-30)17-25(29-18)31-23-16-21(27-2)10-11-22(23)20-8-6-19(7-9-20)12-13-26/h6-11,16-17H,3-5,12-15,26H2,1H3. The SMILES string of the molecule is [C-]#[N+]c1ccc(-c2ccc(CCN)cc2)c(Oc2cc(N3CCCCC3)nc(C)n2)c1. The molecule has 0 radical (unpaired) electrons. The van der Waals surface area contributed by atoms with Crippen molar-refractivity contribution in [3.05, 3.63) is 71.3 Å². The van der Waals surface area contributed by atoms with E-state index in [1.54, 1.807) is 6.07 Å². The summed E-state index contributed by atoms with van der Waals surface area (Å²) in [5.74, 6) is 2.68. The Hall–Kier alpha value is -3.43. The summed E-state index contributed by atoms with van der Waals surface area (Å²) in [5, 5.41) is 0. The third kappa shape index (κ3) is 5.01. The van der Waals surface area contributed by atoms with E-state index in [-0.39, 0.29) is 0 Å². The first-order valence-corrected chi connectivity index (χ1v) is 10.8. The van der Waals surface area contributed by atoms with E-state index in [4.69, 9.17) is 17.0 Å². The van der Waals surface area contributed by atoms with Crippen molar-refractivity contribution < 1.29 is 4.74 Å². The summed E-state index contributed by atoms with van der Waals surface area (Å²) in [4.78, 5) is 15.0. The van der Waals surface area contributed by atoms with Gasteiger partial charge in [0.05, 0.1) is 6.57 Å². The average molecular weight is 414 g/mol. The minimum Gasteiger partial charge on any atom is -0.440 e. The van der Waals surface area contributed by atoms with Crippen molar-refractivity contribution in [2.75, 3.05) is 24.5 Å². The third-order valence-electron chi connectivity index (χ3n) is 5.49. The van der Waals surface area contributed by atoms with Gasteiger partial charge in [-0.05, 0) is 56.3 Å². The highest BCUT2D eigenvalue weighted by atomic mass is 16.5. The molecule has 0 amide bonds. The van der Waals surface area contributed by atoms with E-state index < -0.39 is 0 Å². The van der Waals surface area contributed by atoms with Crippen LogP contribution in [-0.4, -0.2) is 29.6 Å². The summed E-state index contributed by atoms with van der Waals surface area (Å²) in [6.45, 7) is 11.9. The lowest BCUT2D eigenvalue weighted by atomic mass is 10.0. The molecular weight excluding hydrogens is 386 g/mol. The lowest BCUT2D eigenvalue weighted by Crippen LogP contribution is -2.30. The molecule has 2 aromatic carbocycles. The average Bonchev–Trinajstić information content (AvgIpc) is 2.80. The maximum absolute atomic E-state index is 7.40. The van der Waals surface area contributed by atoms with Crippen LogP contribution in [0.15, 0.2) is 48.5 Å². The van der Waals surface area contributed by atoms with E-state index >= 15 is 0 Å². The number of anilines is 1. The topological polar surface area (TPSA) is 68.6 Å². The minimum absolute atomic E-state index is 0.496. The Balaban J connectivity index is 1.67. The van der Waals surface area contributed by atoms with Crippen molar-refractivity contribution in [2.24, 2.45) is 5.73 Å². The molecule has 0 spiro atoms. The maximum atomic E-state index is 7.40. The number of piperidine rings is 1. The summed E-state index contributed by atoms with van der Waals surface area (Å²) in [7, 11) is 0. The van der Waals surface area contributed by atoms with Gasteiger partial charge in [0, 0.05) is 24.7 Å². The Morgan fingerprint density at radius 1 is 1.03 bits per heavy atom. The number of ether oxygens (including phenoxy) is 1. The highest BCUT2D eigenvalue weighted by Gasteiger charge is 2.16. The van der Waals surface area contributed by atoms with Crippen LogP contribution in [0.25, 0.3) is 16.0 Å². The Morgan fingerprint density at radius 3 is 2.52 bits per heavy atom. The molecular formula is C25H27N5O. The van der Waals surface area contributed by atoms with E-state index in [1.165, 1.54) is 24.8 Å². The van der Waals surface area contributed by atoms with Crippen LogP contribution in [0.3, 0.4) is 0 Å². The van der Waals surface area contributed by atoms with Crippen LogP contribution < -0.4 is 15.4 Å². The second-order valence-corrected chi connectivity index (χ2v) is 7.79. The van der Waals surface area contributed by atoms with Crippen molar-refractivity contribution in [2.45, 2.75) is 32.6 Å². The van der Waals surface area contributed by atoms with Crippen LogP contribution in [0.5, 0.6) is 11.6 Å². The van der Waals surface area contributed by atoms with Gasteiger partial charge in [-0.1, -0.05) is 36.4 Å². The summed E-state index contributed by atoms with van der Waals surface area (Å²) in [5.41, 5.74) is 9.33. The fourth-order valence-electron chi connectivity index (χ4n) is 3.90. The van der Waals surface area contributed by atoms with Gasteiger partial charge in [0.25, 0.3) is 0 Å². The number of aryl methyl sites for hydroxylation is 1. The van der Waals surface area contributed by atoms with E-state index in [0.29, 0.717) is 29.7 Å². The molecule has 0 saturated carbocycles. The van der Waals surface area contributed by atoms with Crippen molar-refractivity contribution in [1.82, 2.24) is 9.97 Å². The molecule has 0 bridgehead atoms. The summed E-state index contributed by atoms with van der Waals surface area (Å²) in [6, 6.07) is 15.7. The zero-order valence-electron chi connectivity index (χ0n) is 17.8. The summed E-state index contributed by atoms with van der Waals surface area (Å²) >= 11 is 0. The molecule has 158 valence electrons. The van der Waals surface area contributed by atoms with Crippen LogP contribution in [0.4, 0.5) is 11.5 Å². The van der Waals surface area contributed by atoms with E-state index in [0.717, 1.165) is 36.5 Å². The number of nitrogens with two attached hydrogens (primary N) is 1. The molecule has 6 nitrogen and oxygen atoms in total. The summed E-state index contributed by atoms with van der Waals surface area (Å²) < 4.78 is 6.26. The highest BCUT2D eigenvalue weighted by Crippen LogP contribution is 2.37. The van der Waals surface area contributed by atoms with Crippen LogP contribution in [0.1, 0.15) is 30.7 Å². The molecule has 1 aromatic heterocycles. The third-order valence-corrected chi connectivity index (χ3v) is 5.49. The maximum Gasteiger partial charge on any atom is 0.224 e. The van der Waals surface area contributed by atoms with E-state index in [9.17, 15) is 0 Å². The van der Waals surface area contributed by atoms with Crippen LogP contribution >= 0.6 is 0 Å². The molecule has 0 unspecified atom stereocenters. The quantitative estimate of drug-likeness (QED) is 0.556. The second kappa shape index (κ2) is 9.59. The molecule has 1 aliphatic heterocycles. The van der Waals surface area contributed by atoms with E-state index in [1.807, 2.05) is 25.1 Å². The molecule has 2 heterocycles. The first kappa shape index (κ1) is 20.8. The monoisotopic (exact) mass is 413 g/mol. The van der Waals surface area contributed by atoms with Gasteiger partial charge in [0.15, 0.2) is 5.69 Å². The highest BCUT2D eigenvalue weighted by molar-refractivity contribution is 5.74. The molecule has 6 heteroatoms. The van der Waals surface area contributed by atoms with E-state index in [2.05, 4.69) is 44.0 Å². The first-order valence-electron chi connectivity index (χ1n) is 10.8. The number of benzene rings is 2. The first-order chi connectivity index (χ1) is 15.2. The van der Waals surface area contributed by atoms with Crippen molar-refractivity contribution in [1.29, 1.82) is 0 Å². The molecule has 4 rings (SSSR count). The van der Waals surface area contributed by atoms with Crippen molar-refractivity contribution in [3.8, 4) is 22.8 Å². The van der Waals surface area contributed by atoms with Crippen LogP contribution in [0.2, 0.25) is 0 Å². The Labute approximate surface area is 183 Å². The lowest BCUT2D eigenvalue weighted by molar-refractivity contribution is 0.460. The second-order valence-electron chi connectivity index (χ2n) is 7.79. The number of hydrogen-bond donors (Lipinski definition) is 1. The fourth-order valence-corrected chi connectivity index (χ4v) is 3.90. The van der Waals surface area contributed by atoms with Crippen LogP contribution in [-0.2, 0) is 6.42 Å². The van der Waals surface area contributed by atoms with Gasteiger partial charge in [-0.25, -0.2) is 9.83 Å². The van der Waals surface area contributed by atoms with Crippen molar-refractivity contribution in [3.63, 3.8) is 0 Å². The summed E-state index contributed by atoms with van der Waals surface area (Å²) in [6.07, 6.45) is 4.47. The Bertz CT molecular complexity index is 1080. The van der Waals surface area contributed by atoms with Gasteiger partial charge in [-0.15, -0.1) is 0 Å². The number of hydrogen-bond acceptors (Lipinski definition) is 5. The molecule has 1 saturated heterocycles. The van der Waals surface area contributed by atoms with Gasteiger partial charge in [0.1, 0.15) is 17.4 Å². The molecule has 0 aliphatic carbocycles. The smallest absolute Gasteiger partial charge is 0.224 e. The van der Waals surface area contributed by atoms with Gasteiger partial charge in [0.2, 0.25) is 5.88 Å². The van der Waals surface area contributed by atoms with Gasteiger partial charge < -0.3 is 15.4 Å². The zero-order chi connectivity index (χ0) is 21.6. The molecule has 1 fully saturated rings. The number of aromatic nitrogens is 2. The predicted molar refractivity (Wildman–Crippen MR) is 124 cm³/mol. The van der Waals surface area contributed by atoms with Crippen LogP contribution in [0, 0.1) is 13.5 Å². The minimum atomic E-state index is 0.496. The largest absolute Gasteiger partial charge is 0.440 e. The molecule has 31 heavy (non-hydrogen) atoms. The fraction of sp³-hybridized carbons (Fsp3) is 0.320. The Kier molecular flexibility index (Phi) is 6.44. The zero-order valence-corrected chi connectivity index (χ0v) is 17.8. The normalized spacial score (nSPS) is 13.6. The predicted octanol–water partition coefficient (Wildman–Crippen LogP) is 5.29. The number of nitrogens with zero attached hydrogens (tertiary/aromatic N) is 4. The molecule has 1 aliphatic rings. The molecule has 2 N–H and O–H groups in total.